The van der Waals surface area contributed by atoms with Crippen molar-refractivity contribution in [2.75, 3.05) is 0 Å². The molecule has 0 radical (unpaired) electrons. The molecule has 0 saturated carbocycles. The van der Waals surface area contributed by atoms with E-state index in [4.69, 9.17) is 0 Å². The van der Waals surface area contributed by atoms with E-state index < -0.39 is 0 Å². The fourth-order valence-corrected chi connectivity index (χ4v) is 1.000. The van der Waals surface area contributed by atoms with Gasteiger partial charge in [0.2, 0.25) is 0 Å². The van der Waals surface area contributed by atoms with E-state index in [9.17, 15) is 0 Å². The van der Waals surface area contributed by atoms with E-state index in [-0.39, 0.29) is 0 Å². The molecule has 0 aromatic heterocycles. The Bertz CT molecular complexity index is 37.0. The topological polar surface area (TPSA) is 0 Å². The van der Waals surface area contributed by atoms with E-state index in [0.29, 0.717) is 0 Å². The first kappa shape index (κ1) is 14.6. The Kier molecular flexibility index (Phi) is 20.9. The van der Waals surface area contributed by atoms with Crippen LogP contribution in [0.25, 0.3) is 0 Å². The molecule has 0 aliphatic carbocycles. The number of rotatable bonds is 6. The fourth-order valence-electron chi connectivity index (χ4n) is 1.000. The van der Waals surface area contributed by atoms with Gasteiger partial charge in [0.05, 0.1) is 0 Å². The molecule has 0 aromatic rings. The van der Waals surface area contributed by atoms with Crippen molar-refractivity contribution in [3.05, 3.63) is 0 Å². The summed E-state index contributed by atoms with van der Waals surface area (Å²) in [5.74, 6) is 0. The predicted octanol–water partition coefficient (Wildman–Crippen LogP) is 3.81. The first-order valence-electron chi connectivity index (χ1n) is 5.83. The Morgan fingerprint density at radius 2 is 1.00 bits per heavy atom. The highest BCUT2D eigenvalue weighted by molar-refractivity contribution is 6.08. The zero-order valence-corrected chi connectivity index (χ0v) is 9.66. The maximum Gasteiger partial charge on any atom is 0.101 e. The molecule has 74 valence electrons. The third-order valence-corrected chi connectivity index (χ3v) is 1.91. The first-order valence-corrected chi connectivity index (χ1v) is 5.83. The van der Waals surface area contributed by atoms with Crippen LogP contribution in [-0.4, -0.2) is 7.85 Å². The van der Waals surface area contributed by atoms with E-state index in [1.165, 1.54) is 51.3 Å². The van der Waals surface area contributed by atoms with Crippen LogP contribution in [0.4, 0.5) is 0 Å². The standard InChI is InChI=1S/C6H14.C5H13B/c1-3-5-6-4-2;1-2-3-4-5-6/h3-6H2,1-2H3;2-6H2,1H3. The second-order valence-electron chi connectivity index (χ2n) is 3.41. The van der Waals surface area contributed by atoms with Gasteiger partial charge in [-0.3, -0.25) is 0 Å². The molecule has 0 heterocycles. The van der Waals surface area contributed by atoms with Gasteiger partial charge in [0.1, 0.15) is 7.85 Å². The van der Waals surface area contributed by atoms with Crippen LogP contribution >= 0.6 is 0 Å². The third kappa shape index (κ3) is 22.5. The number of hydrogen-bond acceptors (Lipinski definition) is 0. The van der Waals surface area contributed by atoms with Gasteiger partial charge in [0.25, 0.3) is 0 Å². The van der Waals surface area contributed by atoms with Crippen molar-refractivity contribution in [1.29, 1.82) is 0 Å². The van der Waals surface area contributed by atoms with Crippen LogP contribution in [0.3, 0.4) is 0 Å². The summed E-state index contributed by atoms with van der Waals surface area (Å²) < 4.78 is 0. The average Bonchev–Trinajstić information content (AvgIpc) is 2.12. The summed E-state index contributed by atoms with van der Waals surface area (Å²) in [4.78, 5) is 0. The molecule has 0 spiro atoms. The Morgan fingerprint density at radius 1 is 0.667 bits per heavy atom. The fraction of sp³-hybridized carbons (Fsp3) is 1.00. The molecule has 0 saturated heterocycles. The Hall–Kier alpha value is 0.0649. The highest BCUT2D eigenvalue weighted by atomic mass is 13.8. The van der Waals surface area contributed by atoms with Crippen molar-refractivity contribution in [1.82, 2.24) is 0 Å². The van der Waals surface area contributed by atoms with Crippen LogP contribution < -0.4 is 0 Å². The molecule has 1 heteroatoms. The van der Waals surface area contributed by atoms with Crippen LogP contribution in [0.2, 0.25) is 6.32 Å². The maximum absolute atomic E-state index is 2.23. The molecule has 0 aliphatic rings. The van der Waals surface area contributed by atoms with Crippen molar-refractivity contribution in [3.63, 3.8) is 0 Å². The van der Waals surface area contributed by atoms with Gasteiger partial charge in [-0.05, 0) is 0 Å². The van der Waals surface area contributed by atoms with Gasteiger partial charge in [0, 0.05) is 0 Å². The van der Waals surface area contributed by atoms with Gasteiger partial charge in [0.15, 0.2) is 0 Å². The Morgan fingerprint density at radius 3 is 1.17 bits per heavy atom. The molecule has 0 amide bonds. The predicted molar refractivity (Wildman–Crippen MR) is 62.7 cm³/mol. The lowest BCUT2D eigenvalue weighted by molar-refractivity contribution is 0.702. The molecule has 0 aromatic carbocycles. The highest BCUT2D eigenvalue weighted by Gasteiger charge is 1.76. The molecule has 0 fully saturated rings. The number of unbranched alkanes of at least 4 members (excludes halogenated alkanes) is 5. The minimum atomic E-state index is 1.36. The molecule has 0 aliphatic heterocycles. The summed E-state index contributed by atoms with van der Waals surface area (Å²) in [5.41, 5.74) is 0. The second kappa shape index (κ2) is 17.2. The average molecular weight is 170 g/mol. The van der Waals surface area contributed by atoms with Crippen LogP contribution in [0.1, 0.15) is 65.7 Å². The van der Waals surface area contributed by atoms with Crippen molar-refractivity contribution in [2.24, 2.45) is 0 Å². The van der Waals surface area contributed by atoms with Crippen LogP contribution in [0, 0.1) is 0 Å². The lowest BCUT2D eigenvalue weighted by atomic mass is 10.00. The van der Waals surface area contributed by atoms with Crippen molar-refractivity contribution >= 4 is 7.85 Å². The molecule has 12 heavy (non-hydrogen) atoms. The summed E-state index contributed by atoms with van der Waals surface area (Å²) in [6.07, 6.45) is 11.1. The van der Waals surface area contributed by atoms with Gasteiger partial charge in [-0.25, -0.2) is 0 Å². The molecular formula is C11H27B. The zero-order chi connectivity index (χ0) is 9.66. The van der Waals surface area contributed by atoms with Gasteiger partial charge in [-0.2, -0.15) is 0 Å². The molecular weight excluding hydrogens is 143 g/mol. The molecule has 0 atom stereocenters. The van der Waals surface area contributed by atoms with Crippen LogP contribution in [-0.2, 0) is 0 Å². The van der Waals surface area contributed by atoms with Gasteiger partial charge >= 0.3 is 0 Å². The largest absolute Gasteiger partial charge is 0.101 e. The minimum absolute atomic E-state index is 1.36. The van der Waals surface area contributed by atoms with Gasteiger partial charge in [-0.1, -0.05) is 72.0 Å². The van der Waals surface area contributed by atoms with E-state index >= 15 is 0 Å². The SMILES string of the molecule is BCCCCC.CCCCCC. The van der Waals surface area contributed by atoms with Crippen LogP contribution in [0.5, 0.6) is 0 Å². The monoisotopic (exact) mass is 170 g/mol. The third-order valence-electron chi connectivity index (χ3n) is 1.91. The van der Waals surface area contributed by atoms with Crippen molar-refractivity contribution in [3.8, 4) is 0 Å². The van der Waals surface area contributed by atoms with Crippen molar-refractivity contribution < 1.29 is 0 Å². The summed E-state index contributed by atoms with van der Waals surface area (Å²) >= 11 is 0. The number of hydrogen-bond donors (Lipinski definition) is 0. The van der Waals surface area contributed by atoms with E-state index in [1.54, 1.807) is 0 Å². The molecule has 0 unspecified atom stereocenters. The van der Waals surface area contributed by atoms with Crippen LogP contribution in [0.15, 0.2) is 0 Å². The zero-order valence-electron chi connectivity index (χ0n) is 9.66. The summed E-state index contributed by atoms with van der Waals surface area (Å²) in [6.45, 7) is 6.70. The summed E-state index contributed by atoms with van der Waals surface area (Å²) in [5, 5.41) is 0. The van der Waals surface area contributed by atoms with E-state index in [2.05, 4.69) is 28.6 Å². The highest BCUT2D eigenvalue weighted by Crippen LogP contribution is 1.95. The van der Waals surface area contributed by atoms with E-state index in [1.807, 2.05) is 0 Å². The quantitative estimate of drug-likeness (QED) is 0.420. The lowest BCUT2D eigenvalue weighted by Gasteiger charge is -1.86. The first-order chi connectivity index (χ1) is 5.83. The Labute approximate surface area is 80.5 Å². The smallest absolute Gasteiger partial charge is 0.0811 e. The molecule has 0 bridgehead atoms. The Balaban J connectivity index is 0. The summed E-state index contributed by atoms with van der Waals surface area (Å²) in [6, 6.07) is 0. The molecule has 0 N–H and O–H groups in total. The minimum Gasteiger partial charge on any atom is -0.0811 e. The molecule has 0 nitrogen and oxygen atoms in total. The van der Waals surface area contributed by atoms with Gasteiger partial charge in [-0.15, -0.1) is 0 Å². The second-order valence-corrected chi connectivity index (χ2v) is 3.41. The van der Waals surface area contributed by atoms with Crippen molar-refractivity contribution in [2.45, 2.75) is 72.0 Å². The molecule has 0 rings (SSSR count). The van der Waals surface area contributed by atoms with Gasteiger partial charge < -0.3 is 0 Å². The van der Waals surface area contributed by atoms with E-state index in [0.717, 1.165) is 0 Å². The maximum atomic E-state index is 2.23. The summed E-state index contributed by atoms with van der Waals surface area (Å²) in [7, 11) is 2.23. The lowest BCUT2D eigenvalue weighted by Crippen LogP contribution is -1.69. The normalized spacial score (nSPS) is 8.92.